The summed E-state index contributed by atoms with van der Waals surface area (Å²) in [5.74, 6) is -1.38. The van der Waals surface area contributed by atoms with Gasteiger partial charge in [0, 0.05) is 12.3 Å². The molecule has 0 aromatic carbocycles. The number of nitrogens with zero attached hydrogens (tertiary/aromatic N) is 2. The number of ether oxygens (including phenoxy) is 1. The van der Waals surface area contributed by atoms with Crippen molar-refractivity contribution in [2.24, 2.45) is 0 Å². The molecule has 2 rings (SSSR count). The van der Waals surface area contributed by atoms with Gasteiger partial charge in [0.2, 0.25) is 0 Å². The molecule has 0 aliphatic carbocycles. The van der Waals surface area contributed by atoms with Gasteiger partial charge in [0.1, 0.15) is 0 Å². The first-order chi connectivity index (χ1) is 9.13. The molecule has 0 bridgehead atoms. The molecule has 2 aromatic heterocycles. The van der Waals surface area contributed by atoms with E-state index in [1.807, 2.05) is 0 Å². The standard InChI is InChI=1S/C12H10N2O5/c1-18-9(15)5-3-7-14-11(16)10-8(19-12(14)17)4-2-6-13-10/h2-6H,7H2,1H3/b5-3-. The summed E-state index contributed by atoms with van der Waals surface area (Å²) in [5, 5.41) is 0. The first-order valence-corrected chi connectivity index (χ1v) is 5.36. The van der Waals surface area contributed by atoms with Crippen molar-refractivity contribution in [3.05, 3.63) is 51.4 Å². The summed E-state index contributed by atoms with van der Waals surface area (Å²) in [5.41, 5.74) is -0.374. The zero-order valence-electron chi connectivity index (χ0n) is 10.0. The van der Waals surface area contributed by atoms with Crippen LogP contribution >= 0.6 is 0 Å². The number of pyridine rings is 1. The van der Waals surface area contributed by atoms with Crippen molar-refractivity contribution >= 4 is 17.1 Å². The van der Waals surface area contributed by atoms with Crippen molar-refractivity contribution in [1.82, 2.24) is 9.55 Å². The number of aromatic nitrogens is 2. The lowest BCUT2D eigenvalue weighted by molar-refractivity contribution is -0.134. The summed E-state index contributed by atoms with van der Waals surface area (Å²) in [6.07, 6.45) is 3.88. The number of hydrogen-bond acceptors (Lipinski definition) is 6. The minimum atomic E-state index is -0.806. The van der Waals surface area contributed by atoms with Gasteiger partial charge >= 0.3 is 11.7 Å². The van der Waals surface area contributed by atoms with E-state index in [1.165, 1.54) is 25.4 Å². The Morgan fingerprint density at radius 1 is 1.53 bits per heavy atom. The highest BCUT2D eigenvalue weighted by atomic mass is 16.5. The average Bonchev–Trinajstić information content (AvgIpc) is 2.42. The number of allylic oxidation sites excluding steroid dienone is 1. The molecule has 2 aromatic rings. The summed E-state index contributed by atoms with van der Waals surface area (Å²) in [6, 6.07) is 3.05. The lowest BCUT2D eigenvalue weighted by atomic mass is 10.4. The Hall–Kier alpha value is -2.70. The molecule has 7 nitrogen and oxygen atoms in total. The molecule has 0 saturated carbocycles. The Kier molecular flexibility index (Phi) is 3.56. The van der Waals surface area contributed by atoms with Crippen LogP contribution in [0.3, 0.4) is 0 Å². The number of hydrogen-bond donors (Lipinski definition) is 0. The van der Waals surface area contributed by atoms with Crippen molar-refractivity contribution in [2.45, 2.75) is 6.54 Å². The summed E-state index contributed by atoms with van der Waals surface area (Å²) in [4.78, 5) is 38.3. The van der Waals surface area contributed by atoms with Gasteiger partial charge in [-0.3, -0.25) is 4.79 Å². The smallest absolute Gasteiger partial charge is 0.422 e. The Labute approximate surface area is 106 Å². The van der Waals surface area contributed by atoms with Gasteiger partial charge in [-0.05, 0) is 12.1 Å². The van der Waals surface area contributed by atoms with Crippen molar-refractivity contribution in [3.8, 4) is 0 Å². The monoisotopic (exact) mass is 262 g/mol. The molecule has 7 heteroatoms. The summed E-state index contributed by atoms with van der Waals surface area (Å²) in [6.45, 7) is -0.0945. The van der Waals surface area contributed by atoms with Crippen LogP contribution in [0.4, 0.5) is 0 Å². The van der Waals surface area contributed by atoms with E-state index in [0.717, 1.165) is 10.6 Å². The van der Waals surface area contributed by atoms with Crippen molar-refractivity contribution < 1.29 is 13.9 Å². The van der Waals surface area contributed by atoms with Gasteiger partial charge in [-0.15, -0.1) is 0 Å². The summed E-state index contributed by atoms with van der Waals surface area (Å²) < 4.78 is 10.2. The zero-order chi connectivity index (χ0) is 13.8. The van der Waals surface area contributed by atoms with Crippen LogP contribution < -0.4 is 11.3 Å². The molecule has 2 heterocycles. The van der Waals surface area contributed by atoms with Crippen molar-refractivity contribution in [3.63, 3.8) is 0 Å². The van der Waals surface area contributed by atoms with Gasteiger partial charge < -0.3 is 9.15 Å². The van der Waals surface area contributed by atoms with Crippen LogP contribution in [-0.4, -0.2) is 22.6 Å². The maximum Gasteiger partial charge on any atom is 0.422 e. The van der Waals surface area contributed by atoms with E-state index in [9.17, 15) is 14.4 Å². The fourth-order valence-corrected chi connectivity index (χ4v) is 1.47. The van der Waals surface area contributed by atoms with Crippen molar-refractivity contribution in [1.29, 1.82) is 0 Å². The first kappa shape index (κ1) is 12.7. The Morgan fingerprint density at radius 2 is 2.32 bits per heavy atom. The number of rotatable bonds is 3. The largest absolute Gasteiger partial charge is 0.466 e. The van der Waals surface area contributed by atoms with Gasteiger partial charge in [-0.25, -0.2) is 19.1 Å². The SMILES string of the molecule is COC(=O)/C=C\Cn1c(=O)oc2cccnc2c1=O. The van der Waals surface area contributed by atoms with E-state index >= 15 is 0 Å². The summed E-state index contributed by atoms with van der Waals surface area (Å²) >= 11 is 0. The zero-order valence-corrected chi connectivity index (χ0v) is 10.0. The van der Waals surface area contributed by atoms with Gasteiger partial charge in [0.05, 0.1) is 13.7 Å². The number of carbonyl (C=O) groups excluding carboxylic acids is 1. The average molecular weight is 262 g/mol. The molecule has 0 spiro atoms. The second kappa shape index (κ2) is 5.30. The van der Waals surface area contributed by atoms with Gasteiger partial charge in [0.15, 0.2) is 11.1 Å². The Balaban J connectivity index is 2.44. The van der Waals surface area contributed by atoms with E-state index in [4.69, 9.17) is 4.42 Å². The predicted molar refractivity (Wildman–Crippen MR) is 65.7 cm³/mol. The maximum absolute atomic E-state index is 12.0. The van der Waals surface area contributed by atoms with Gasteiger partial charge in [0.25, 0.3) is 5.56 Å². The van der Waals surface area contributed by atoms with Crippen LogP contribution in [0.25, 0.3) is 11.1 Å². The quantitative estimate of drug-likeness (QED) is 0.574. The highest BCUT2D eigenvalue weighted by Gasteiger charge is 2.08. The van der Waals surface area contributed by atoms with Crippen LogP contribution in [0.15, 0.2) is 44.5 Å². The molecule has 0 amide bonds. The molecule has 19 heavy (non-hydrogen) atoms. The van der Waals surface area contributed by atoms with E-state index in [-0.39, 0.29) is 17.6 Å². The number of carbonyl (C=O) groups is 1. The normalized spacial score (nSPS) is 11.0. The maximum atomic E-state index is 12.0. The van der Waals surface area contributed by atoms with Crippen LogP contribution in [0, 0.1) is 0 Å². The molecular weight excluding hydrogens is 252 g/mol. The van der Waals surface area contributed by atoms with Crippen molar-refractivity contribution in [2.75, 3.05) is 7.11 Å². The molecule has 0 unspecified atom stereocenters. The van der Waals surface area contributed by atoms with E-state index in [2.05, 4.69) is 9.72 Å². The third-order valence-corrected chi connectivity index (χ3v) is 2.38. The fourth-order valence-electron chi connectivity index (χ4n) is 1.47. The summed E-state index contributed by atoms with van der Waals surface area (Å²) in [7, 11) is 1.23. The number of methoxy groups -OCH3 is 1. The first-order valence-electron chi connectivity index (χ1n) is 5.36. The number of fused-ring (bicyclic) bond motifs is 1. The third kappa shape index (κ3) is 2.59. The van der Waals surface area contributed by atoms with Crippen LogP contribution in [0.1, 0.15) is 0 Å². The molecule has 0 saturated heterocycles. The predicted octanol–water partition coefficient (Wildman–Crippen LogP) is 0.0789. The Morgan fingerprint density at radius 3 is 3.05 bits per heavy atom. The lowest BCUT2D eigenvalue weighted by Crippen LogP contribution is -2.32. The van der Waals surface area contributed by atoms with Crippen LogP contribution in [0.2, 0.25) is 0 Å². The minimum absolute atomic E-state index is 0.0635. The second-order valence-corrected chi connectivity index (χ2v) is 3.56. The molecule has 0 radical (unpaired) electrons. The molecule has 0 fully saturated rings. The molecule has 0 aliphatic rings. The highest BCUT2D eigenvalue weighted by Crippen LogP contribution is 2.02. The molecule has 0 aliphatic heterocycles. The molecule has 0 N–H and O–H groups in total. The van der Waals surface area contributed by atoms with Gasteiger partial charge in [-0.2, -0.15) is 0 Å². The highest BCUT2D eigenvalue weighted by molar-refractivity contribution is 5.81. The topological polar surface area (TPSA) is 91.4 Å². The minimum Gasteiger partial charge on any atom is -0.466 e. The lowest BCUT2D eigenvalue weighted by Gasteiger charge is -2.00. The molecule has 0 atom stereocenters. The van der Waals surface area contributed by atoms with Crippen LogP contribution in [0.5, 0.6) is 0 Å². The van der Waals surface area contributed by atoms with Crippen LogP contribution in [-0.2, 0) is 16.1 Å². The molecule has 98 valence electrons. The van der Waals surface area contributed by atoms with Gasteiger partial charge in [-0.1, -0.05) is 6.08 Å². The van der Waals surface area contributed by atoms with E-state index in [0.29, 0.717) is 0 Å². The second-order valence-electron chi connectivity index (χ2n) is 3.56. The van der Waals surface area contributed by atoms with E-state index in [1.54, 1.807) is 6.07 Å². The third-order valence-electron chi connectivity index (χ3n) is 2.38. The fraction of sp³-hybridized carbons (Fsp3) is 0.167. The van der Waals surface area contributed by atoms with E-state index < -0.39 is 17.3 Å². The number of esters is 1. The molecular formula is C12H10N2O5. The Bertz CT molecular complexity index is 757.